The maximum Gasteiger partial charge on any atom is 0.416 e. The average molecular weight is 328 g/mol. The van der Waals surface area contributed by atoms with Crippen molar-refractivity contribution in [2.75, 3.05) is 13.1 Å². The van der Waals surface area contributed by atoms with Crippen LogP contribution in [0, 0.1) is 0 Å². The highest BCUT2D eigenvalue weighted by Gasteiger charge is 2.38. The van der Waals surface area contributed by atoms with Crippen LogP contribution in [0.1, 0.15) is 31.4 Å². The molecule has 7 heteroatoms. The molecule has 1 saturated heterocycles. The van der Waals surface area contributed by atoms with Crippen molar-refractivity contribution in [1.29, 1.82) is 0 Å². The predicted molar refractivity (Wildman–Crippen MR) is 78.3 cm³/mol. The van der Waals surface area contributed by atoms with Crippen LogP contribution in [0.5, 0.6) is 0 Å². The van der Waals surface area contributed by atoms with E-state index in [1.807, 2.05) is 6.92 Å². The molecule has 0 bridgehead atoms. The van der Waals surface area contributed by atoms with Gasteiger partial charge in [0.1, 0.15) is 6.04 Å². The standard InChI is InChI=1S/C16H19F3N2O2/c1-3-8-20-10-14(22)21(11(2)15(20)23)9-12-6-4-5-7-13(12)16(17,18)19/h4-7,11H,3,8-10H2,1-2H3/t11-/m0/s1. The summed E-state index contributed by atoms with van der Waals surface area (Å²) in [4.78, 5) is 27.2. The lowest BCUT2D eigenvalue weighted by molar-refractivity contribution is -0.156. The molecule has 0 saturated carbocycles. The first kappa shape index (κ1) is 17.3. The minimum atomic E-state index is -4.49. The molecule has 0 radical (unpaired) electrons. The summed E-state index contributed by atoms with van der Waals surface area (Å²) in [5.41, 5.74) is -0.777. The van der Waals surface area contributed by atoms with Crippen LogP contribution in [0.4, 0.5) is 13.2 Å². The lowest BCUT2D eigenvalue weighted by Crippen LogP contribution is -2.58. The van der Waals surface area contributed by atoms with E-state index in [2.05, 4.69) is 0 Å². The molecule has 23 heavy (non-hydrogen) atoms. The number of hydrogen-bond acceptors (Lipinski definition) is 2. The van der Waals surface area contributed by atoms with E-state index in [9.17, 15) is 22.8 Å². The second kappa shape index (κ2) is 6.60. The minimum absolute atomic E-state index is 0.00283. The summed E-state index contributed by atoms with van der Waals surface area (Å²) in [5, 5.41) is 0. The molecule has 1 aliphatic heterocycles. The molecule has 4 nitrogen and oxygen atoms in total. The number of alkyl halides is 3. The predicted octanol–water partition coefficient (Wildman–Crippen LogP) is 2.67. The van der Waals surface area contributed by atoms with Crippen LogP contribution in [0.3, 0.4) is 0 Å². The molecule has 2 amide bonds. The zero-order chi connectivity index (χ0) is 17.2. The molecule has 2 rings (SSSR count). The minimum Gasteiger partial charge on any atom is -0.332 e. The number of halogens is 3. The molecule has 1 aromatic rings. The molecule has 0 aromatic heterocycles. The highest BCUT2D eigenvalue weighted by atomic mass is 19.4. The summed E-state index contributed by atoms with van der Waals surface area (Å²) >= 11 is 0. The van der Waals surface area contributed by atoms with Crippen molar-refractivity contribution in [3.8, 4) is 0 Å². The van der Waals surface area contributed by atoms with Crippen molar-refractivity contribution in [3.63, 3.8) is 0 Å². The Kier molecular flexibility index (Phi) is 4.97. The number of carbonyl (C=O) groups excluding carboxylic acids is 2. The molecule has 0 N–H and O–H groups in total. The van der Waals surface area contributed by atoms with Crippen LogP contribution < -0.4 is 0 Å². The van der Waals surface area contributed by atoms with Crippen molar-refractivity contribution in [3.05, 3.63) is 35.4 Å². The van der Waals surface area contributed by atoms with E-state index >= 15 is 0 Å². The highest BCUT2D eigenvalue weighted by molar-refractivity contribution is 5.94. The van der Waals surface area contributed by atoms with Crippen LogP contribution in [-0.4, -0.2) is 40.7 Å². The largest absolute Gasteiger partial charge is 0.416 e. The molecule has 0 unspecified atom stereocenters. The number of amides is 2. The van der Waals surface area contributed by atoms with Gasteiger partial charge in [-0.25, -0.2) is 0 Å². The Bertz CT molecular complexity index is 601. The molecule has 1 aromatic carbocycles. The summed E-state index contributed by atoms with van der Waals surface area (Å²) in [6.07, 6.45) is -3.76. The number of rotatable bonds is 4. The monoisotopic (exact) mass is 328 g/mol. The third kappa shape index (κ3) is 3.65. The Hall–Kier alpha value is -2.05. The maximum absolute atomic E-state index is 13.1. The van der Waals surface area contributed by atoms with Gasteiger partial charge < -0.3 is 9.80 Å². The van der Waals surface area contributed by atoms with E-state index in [-0.39, 0.29) is 30.5 Å². The number of hydrogen-bond donors (Lipinski definition) is 0. The Morgan fingerprint density at radius 3 is 2.48 bits per heavy atom. The van der Waals surface area contributed by atoms with E-state index in [1.165, 1.54) is 28.0 Å². The van der Waals surface area contributed by atoms with Gasteiger partial charge in [0.05, 0.1) is 12.1 Å². The molecular formula is C16H19F3N2O2. The van der Waals surface area contributed by atoms with E-state index in [0.29, 0.717) is 6.54 Å². The fourth-order valence-electron chi connectivity index (χ4n) is 2.75. The van der Waals surface area contributed by atoms with E-state index < -0.39 is 17.8 Å². The summed E-state index contributed by atoms with van der Waals surface area (Å²) < 4.78 is 39.2. The van der Waals surface area contributed by atoms with Crippen LogP contribution in [-0.2, 0) is 22.3 Å². The molecule has 0 spiro atoms. The van der Waals surface area contributed by atoms with Crippen molar-refractivity contribution in [2.24, 2.45) is 0 Å². The van der Waals surface area contributed by atoms with Crippen LogP contribution in [0.2, 0.25) is 0 Å². The number of piperazine rings is 1. The zero-order valence-corrected chi connectivity index (χ0v) is 13.1. The third-order valence-corrected chi connectivity index (χ3v) is 3.94. The van der Waals surface area contributed by atoms with Gasteiger partial charge in [-0.1, -0.05) is 25.1 Å². The van der Waals surface area contributed by atoms with Crippen molar-refractivity contribution < 1.29 is 22.8 Å². The summed E-state index contributed by atoms with van der Waals surface area (Å²) in [7, 11) is 0. The number of nitrogens with zero attached hydrogens (tertiary/aromatic N) is 2. The summed E-state index contributed by atoms with van der Waals surface area (Å²) in [5.74, 6) is -0.557. The smallest absolute Gasteiger partial charge is 0.332 e. The SMILES string of the molecule is CCCN1CC(=O)N(Cc2ccccc2C(F)(F)F)[C@@H](C)C1=O. The Morgan fingerprint density at radius 2 is 1.87 bits per heavy atom. The number of carbonyl (C=O) groups is 2. The van der Waals surface area contributed by atoms with Gasteiger partial charge in [0, 0.05) is 13.1 Å². The van der Waals surface area contributed by atoms with Crippen LogP contribution in [0.15, 0.2) is 24.3 Å². The Morgan fingerprint density at radius 1 is 1.22 bits per heavy atom. The molecule has 1 fully saturated rings. The fraction of sp³-hybridized carbons (Fsp3) is 0.500. The Labute approximate surface area is 132 Å². The van der Waals surface area contributed by atoms with Crippen LogP contribution >= 0.6 is 0 Å². The number of benzene rings is 1. The van der Waals surface area contributed by atoms with Gasteiger partial charge in [-0.15, -0.1) is 0 Å². The van der Waals surface area contributed by atoms with E-state index in [0.717, 1.165) is 12.5 Å². The molecule has 126 valence electrons. The molecule has 1 aliphatic rings. The van der Waals surface area contributed by atoms with Gasteiger partial charge in [-0.05, 0) is 25.0 Å². The fourth-order valence-corrected chi connectivity index (χ4v) is 2.75. The maximum atomic E-state index is 13.1. The zero-order valence-electron chi connectivity index (χ0n) is 13.1. The first-order valence-electron chi connectivity index (χ1n) is 7.49. The first-order valence-corrected chi connectivity index (χ1v) is 7.49. The van der Waals surface area contributed by atoms with Crippen molar-refractivity contribution in [1.82, 2.24) is 9.80 Å². The lowest BCUT2D eigenvalue weighted by Gasteiger charge is -2.39. The van der Waals surface area contributed by atoms with Crippen molar-refractivity contribution >= 4 is 11.8 Å². The Balaban J connectivity index is 2.24. The van der Waals surface area contributed by atoms with Gasteiger partial charge >= 0.3 is 6.18 Å². The summed E-state index contributed by atoms with van der Waals surface area (Å²) in [6, 6.07) is 4.37. The van der Waals surface area contributed by atoms with Crippen LogP contribution in [0.25, 0.3) is 0 Å². The second-order valence-corrected chi connectivity index (χ2v) is 5.61. The molecule has 1 atom stereocenters. The quantitative estimate of drug-likeness (QED) is 0.853. The van der Waals surface area contributed by atoms with Gasteiger partial charge in [-0.3, -0.25) is 9.59 Å². The van der Waals surface area contributed by atoms with Gasteiger partial charge in [0.25, 0.3) is 0 Å². The molecular weight excluding hydrogens is 309 g/mol. The molecule has 0 aliphatic carbocycles. The average Bonchev–Trinajstić information content (AvgIpc) is 2.48. The first-order chi connectivity index (χ1) is 10.8. The second-order valence-electron chi connectivity index (χ2n) is 5.61. The van der Waals surface area contributed by atoms with E-state index in [4.69, 9.17) is 0 Å². The topological polar surface area (TPSA) is 40.6 Å². The lowest BCUT2D eigenvalue weighted by atomic mass is 10.0. The third-order valence-electron chi connectivity index (χ3n) is 3.94. The van der Waals surface area contributed by atoms with Gasteiger partial charge in [0.2, 0.25) is 11.8 Å². The highest BCUT2D eigenvalue weighted by Crippen LogP contribution is 2.33. The van der Waals surface area contributed by atoms with Gasteiger partial charge in [0.15, 0.2) is 0 Å². The molecule has 1 heterocycles. The normalized spacial score (nSPS) is 19.4. The van der Waals surface area contributed by atoms with E-state index in [1.54, 1.807) is 6.92 Å². The van der Waals surface area contributed by atoms with Crippen molar-refractivity contribution in [2.45, 2.75) is 39.0 Å². The summed E-state index contributed by atoms with van der Waals surface area (Å²) in [6.45, 7) is 3.63. The van der Waals surface area contributed by atoms with Gasteiger partial charge in [-0.2, -0.15) is 13.2 Å².